The molecule has 6 nitrogen and oxygen atoms in total. The van der Waals surface area contributed by atoms with Crippen LogP contribution in [0.1, 0.15) is 37.8 Å². The Bertz CT molecular complexity index is 711. The van der Waals surface area contributed by atoms with Crippen LogP contribution in [0, 0.1) is 0 Å². The maximum atomic E-state index is 11.9. The number of esters is 1. The summed E-state index contributed by atoms with van der Waals surface area (Å²) < 4.78 is 5.06. The first kappa shape index (κ1) is 17.5. The molecule has 1 fully saturated rings. The van der Waals surface area contributed by atoms with Gasteiger partial charge >= 0.3 is 5.97 Å². The highest BCUT2D eigenvalue weighted by Crippen LogP contribution is 2.21. The van der Waals surface area contributed by atoms with Gasteiger partial charge in [-0.05, 0) is 25.0 Å². The fourth-order valence-corrected chi connectivity index (χ4v) is 3.65. The molecule has 1 N–H and O–H groups in total. The van der Waals surface area contributed by atoms with Gasteiger partial charge in [0.1, 0.15) is 5.01 Å². The van der Waals surface area contributed by atoms with Crippen molar-refractivity contribution >= 4 is 23.2 Å². The molecule has 1 amide bonds. The number of carbonyl (C=O) groups excluding carboxylic acids is 2. The molecule has 25 heavy (non-hydrogen) atoms. The molecule has 1 saturated carbocycles. The van der Waals surface area contributed by atoms with Crippen LogP contribution in [0.25, 0.3) is 10.7 Å². The fraction of sp³-hybridized carbons (Fsp3) is 0.444. The van der Waals surface area contributed by atoms with Crippen LogP contribution in [0.3, 0.4) is 0 Å². The van der Waals surface area contributed by atoms with Gasteiger partial charge in [0.05, 0.1) is 17.8 Å². The number of pyridine rings is 1. The van der Waals surface area contributed by atoms with Crippen molar-refractivity contribution in [1.82, 2.24) is 15.3 Å². The Labute approximate surface area is 150 Å². The Morgan fingerprint density at radius 3 is 2.84 bits per heavy atom. The highest BCUT2D eigenvalue weighted by Gasteiger charge is 2.17. The number of hydrogen-bond donors (Lipinski definition) is 1. The molecule has 0 saturated heterocycles. The molecule has 7 heteroatoms. The summed E-state index contributed by atoms with van der Waals surface area (Å²) in [4.78, 5) is 32.4. The molecular weight excluding hydrogens is 338 g/mol. The van der Waals surface area contributed by atoms with E-state index in [1.165, 1.54) is 17.8 Å². The van der Waals surface area contributed by atoms with Gasteiger partial charge in [-0.15, -0.1) is 11.3 Å². The Morgan fingerprint density at radius 2 is 2.08 bits per heavy atom. The van der Waals surface area contributed by atoms with Crippen LogP contribution in [0.2, 0.25) is 0 Å². The van der Waals surface area contributed by atoms with Crippen molar-refractivity contribution < 1.29 is 14.3 Å². The van der Waals surface area contributed by atoms with E-state index in [4.69, 9.17) is 4.74 Å². The monoisotopic (exact) mass is 359 g/mol. The van der Waals surface area contributed by atoms with E-state index in [1.54, 1.807) is 6.20 Å². The van der Waals surface area contributed by atoms with E-state index in [9.17, 15) is 9.59 Å². The van der Waals surface area contributed by atoms with Crippen LogP contribution < -0.4 is 5.32 Å². The standard InChI is InChI=1S/C18H21N3O3S/c22-16(20-13-6-2-1-3-7-13)11-24-17(23)10-14-12-25-18(21-14)15-8-4-5-9-19-15/h4-5,8-9,12-13H,1-3,6-7,10-11H2,(H,20,22). The summed E-state index contributed by atoms with van der Waals surface area (Å²) in [5.41, 5.74) is 1.40. The molecule has 0 aliphatic heterocycles. The van der Waals surface area contributed by atoms with Gasteiger partial charge in [-0.25, -0.2) is 4.98 Å². The van der Waals surface area contributed by atoms with Crippen LogP contribution in [0.5, 0.6) is 0 Å². The molecule has 0 spiro atoms. The Balaban J connectivity index is 1.43. The van der Waals surface area contributed by atoms with Gasteiger partial charge in [-0.1, -0.05) is 25.3 Å². The Kier molecular flexibility index (Phi) is 6.11. The number of ether oxygens (including phenoxy) is 1. The number of carbonyl (C=O) groups is 2. The fourth-order valence-electron chi connectivity index (χ4n) is 2.86. The molecule has 2 heterocycles. The van der Waals surface area contributed by atoms with Crippen LogP contribution >= 0.6 is 11.3 Å². The second kappa shape index (κ2) is 8.71. The summed E-state index contributed by atoms with van der Waals surface area (Å²) in [7, 11) is 0. The smallest absolute Gasteiger partial charge is 0.312 e. The van der Waals surface area contributed by atoms with Gasteiger partial charge in [0, 0.05) is 17.6 Å². The van der Waals surface area contributed by atoms with E-state index < -0.39 is 5.97 Å². The van der Waals surface area contributed by atoms with Crippen LogP contribution in [-0.4, -0.2) is 34.5 Å². The quantitative estimate of drug-likeness (QED) is 0.802. The van der Waals surface area contributed by atoms with E-state index >= 15 is 0 Å². The molecular formula is C18H21N3O3S. The maximum absolute atomic E-state index is 11.9. The van der Waals surface area contributed by atoms with Crippen molar-refractivity contribution in [3.8, 4) is 10.7 Å². The first-order valence-corrected chi connectivity index (χ1v) is 9.39. The summed E-state index contributed by atoms with van der Waals surface area (Å²) in [6, 6.07) is 5.83. The summed E-state index contributed by atoms with van der Waals surface area (Å²) in [5.74, 6) is -0.677. The van der Waals surface area contributed by atoms with Crippen LogP contribution in [0.15, 0.2) is 29.8 Å². The lowest BCUT2D eigenvalue weighted by Gasteiger charge is -2.22. The molecule has 1 aliphatic carbocycles. The summed E-state index contributed by atoms with van der Waals surface area (Å²) in [5, 5.41) is 5.50. The number of thiazole rings is 1. The maximum Gasteiger partial charge on any atom is 0.312 e. The van der Waals surface area contributed by atoms with Crippen molar-refractivity contribution in [2.75, 3.05) is 6.61 Å². The Hall–Kier alpha value is -2.28. The van der Waals surface area contributed by atoms with E-state index in [1.807, 2.05) is 23.6 Å². The van der Waals surface area contributed by atoms with Crippen LogP contribution in [0.4, 0.5) is 0 Å². The zero-order chi connectivity index (χ0) is 17.5. The summed E-state index contributed by atoms with van der Waals surface area (Å²) in [6.45, 7) is -0.230. The number of nitrogens with one attached hydrogen (secondary N) is 1. The lowest BCUT2D eigenvalue weighted by molar-refractivity contribution is -0.148. The molecule has 0 radical (unpaired) electrons. The minimum Gasteiger partial charge on any atom is -0.455 e. The number of amides is 1. The number of nitrogens with zero attached hydrogens (tertiary/aromatic N) is 2. The highest BCUT2D eigenvalue weighted by molar-refractivity contribution is 7.13. The average molecular weight is 359 g/mol. The molecule has 2 aromatic rings. The molecule has 1 aliphatic rings. The number of aromatic nitrogens is 2. The summed E-state index contributed by atoms with van der Waals surface area (Å²) in [6.07, 6.45) is 7.30. The average Bonchev–Trinajstić information content (AvgIpc) is 3.10. The lowest BCUT2D eigenvalue weighted by Crippen LogP contribution is -2.38. The van der Waals surface area contributed by atoms with Gasteiger partial charge in [0.2, 0.25) is 0 Å². The van der Waals surface area contributed by atoms with E-state index in [-0.39, 0.29) is 25.0 Å². The first-order chi connectivity index (χ1) is 12.2. The number of hydrogen-bond acceptors (Lipinski definition) is 6. The normalized spacial score (nSPS) is 14.9. The topological polar surface area (TPSA) is 81.2 Å². The second-order valence-electron chi connectivity index (χ2n) is 6.10. The third-order valence-electron chi connectivity index (χ3n) is 4.10. The van der Waals surface area contributed by atoms with Crippen molar-refractivity contribution in [2.24, 2.45) is 0 Å². The lowest BCUT2D eigenvalue weighted by atomic mass is 9.95. The number of rotatable bonds is 6. The van der Waals surface area contributed by atoms with Gasteiger partial charge in [-0.3, -0.25) is 14.6 Å². The minimum absolute atomic E-state index is 0.0556. The SMILES string of the molecule is O=C(COC(=O)Cc1csc(-c2ccccn2)n1)NC1CCCCC1. The first-order valence-electron chi connectivity index (χ1n) is 8.51. The van der Waals surface area contributed by atoms with Crippen molar-refractivity contribution in [1.29, 1.82) is 0 Å². The van der Waals surface area contributed by atoms with Gasteiger partial charge in [0.15, 0.2) is 6.61 Å². The predicted octanol–water partition coefficient (Wildman–Crippen LogP) is 2.74. The second-order valence-corrected chi connectivity index (χ2v) is 6.96. The largest absolute Gasteiger partial charge is 0.455 e. The molecule has 0 unspecified atom stereocenters. The van der Waals surface area contributed by atoms with E-state index in [0.29, 0.717) is 5.69 Å². The van der Waals surface area contributed by atoms with E-state index in [2.05, 4.69) is 15.3 Å². The third kappa shape index (κ3) is 5.35. The van der Waals surface area contributed by atoms with Gasteiger partial charge in [0.25, 0.3) is 5.91 Å². The summed E-state index contributed by atoms with van der Waals surface area (Å²) >= 11 is 1.43. The molecule has 2 aromatic heterocycles. The van der Waals surface area contributed by atoms with Crippen molar-refractivity contribution in [3.05, 3.63) is 35.5 Å². The highest BCUT2D eigenvalue weighted by atomic mass is 32.1. The van der Waals surface area contributed by atoms with Gasteiger partial charge < -0.3 is 10.1 Å². The van der Waals surface area contributed by atoms with E-state index in [0.717, 1.165) is 36.4 Å². The van der Waals surface area contributed by atoms with Crippen molar-refractivity contribution in [3.63, 3.8) is 0 Å². The zero-order valence-corrected chi connectivity index (χ0v) is 14.8. The molecule has 132 valence electrons. The zero-order valence-electron chi connectivity index (χ0n) is 13.9. The molecule has 0 atom stereocenters. The Morgan fingerprint density at radius 1 is 1.24 bits per heavy atom. The minimum atomic E-state index is -0.448. The van der Waals surface area contributed by atoms with Gasteiger partial charge in [-0.2, -0.15) is 0 Å². The molecule has 0 bridgehead atoms. The molecule has 3 rings (SSSR count). The predicted molar refractivity (Wildman–Crippen MR) is 95.0 cm³/mol. The molecule has 0 aromatic carbocycles. The third-order valence-corrected chi connectivity index (χ3v) is 5.01. The van der Waals surface area contributed by atoms with Crippen molar-refractivity contribution in [2.45, 2.75) is 44.6 Å². The van der Waals surface area contributed by atoms with Crippen LogP contribution in [-0.2, 0) is 20.7 Å².